The van der Waals surface area contributed by atoms with Crippen molar-refractivity contribution < 1.29 is 0 Å². The average Bonchev–Trinajstić information content (AvgIpc) is 3.35. The van der Waals surface area contributed by atoms with E-state index in [-0.39, 0.29) is 0 Å². The Bertz CT molecular complexity index is 1010. The summed E-state index contributed by atoms with van der Waals surface area (Å²) in [5.41, 5.74) is 3.67. The standard InChI is InChI=1S/C22H25ClN4S/c1-13-25-21(17-7-10-28-22(17)26-13)19-12-18(19)16-4-3-15(11-20(16)23)27(2)14-5-8-24-9-6-14/h3-4,7,10-11,14,18-19,24H,5-6,8-9,12H2,1-2H3. The molecule has 0 spiro atoms. The highest BCUT2D eigenvalue weighted by Crippen LogP contribution is 2.57. The van der Waals surface area contributed by atoms with Crippen molar-refractivity contribution in [2.24, 2.45) is 0 Å². The van der Waals surface area contributed by atoms with E-state index in [0.29, 0.717) is 17.9 Å². The molecule has 2 atom stereocenters. The molecule has 1 aliphatic heterocycles. The molecule has 2 aliphatic rings. The topological polar surface area (TPSA) is 41.1 Å². The molecule has 0 amide bonds. The second-order valence-electron chi connectivity index (χ2n) is 8.04. The average molecular weight is 413 g/mol. The summed E-state index contributed by atoms with van der Waals surface area (Å²) in [6, 6.07) is 9.37. The van der Waals surface area contributed by atoms with Gasteiger partial charge in [0.15, 0.2) is 0 Å². The lowest BCUT2D eigenvalue weighted by molar-refractivity contribution is 0.443. The van der Waals surface area contributed by atoms with E-state index in [9.17, 15) is 0 Å². The third kappa shape index (κ3) is 3.30. The monoisotopic (exact) mass is 412 g/mol. The molecule has 4 nitrogen and oxygen atoms in total. The maximum atomic E-state index is 6.76. The number of aryl methyl sites for hydroxylation is 1. The molecule has 2 unspecified atom stereocenters. The van der Waals surface area contributed by atoms with Crippen LogP contribution in [0.1, 0.15) is 48.2 Å². The number of benzene rings is 1. The SMILES string of the molecule is Cc1nc(C2CC2c2ccc(N(C)C3CCNCC3)cc2Cl)c2ccsc2n1. The summed E-state index contributed by atoms with van der Waals surface area (Å²) < 4.78 is 0. The predicted octanol–water partition coefficient (Wildman–Crippen LogP) is 5.11. The molecule has 2 aromatic heterocycles. The molecule has 5 rings (SSSR count). The first-order valence-electron chi connectivity index (χ1n) is 10.1. The first kappa shape index (κ1) is 18.3. The van der Waals surface area contributed by atoms with E-state index < -0.39 is 0 Å². The fourth-order valence-corrected chi connectivity index (χ4v) is 5.69. The van der Waals surface area contributed by atoms with Gasteiger partial charge in [-0.05, 0) is 74.3 Å². The molecule has 1 aliphatic carbocycles. The van der Waals surface area contributed by atoms with Crippen LogP contribution in [-0.4, -0.2) is 36.1 Å². The Morgan fingerprint density at radius 1 is 1.14 bits per heavy atom. The van der Waals surface area contributed by atoms with E-state index in [4.69, 9.17) is 16.6 Å². The summed E-state index contributed by atoms with van der Waals surface area (Å²) in [4.78, 5) is 12.8. The van der Waals surface area contributed by atoms with Crippen LogP contribution in [0.3, 0.4) is 0 Å². The first-order valence-corrected chi connectivity index (χ1v) is 11.3. The number of thiophene rings is 1. The smallest absolute Gasteiger partial charge is 0.127 e. The van der Waals surface area contributed by atoms with E-state index >= 15 is 0 Å². The van der Waals surface area contributed by atoms with Gasteiger partial charge in [-0.2, -0.15) is 0 Å². The van der Waals surface area contributed by atoms with Crippen molar-refractivity contribution in [3.63, 3.8) is 0 Å². The Hall–Kier alpha value is -1.69. The van der Waals surface area contributed by atoms with Crippen LogP contribution in [0.15, 0.2) is 29.6 Å². The van der Waals surface area contributed by atoms with Crippen LogP contribution < -0.4 is 10.2 Å². The Balaban J connectivity index is 1.38. The third-order valence-corrected chi connectivity index (χ3v) is 7.39. The van der Waals surface area contributed by atoms with Crippen molar-refractivity contribution in [2.45, 2.75) is 44.1 Å². The maximum absolute atomic E-state index is 6.76. The van der Waals surface area contributed by atoms with E-state index in [1.807, 2.05) is 6.92 Å². The zero-order valence-corrected chi connectivity index (χ0v) is 17.9. The third-order valence-electron chi connectivity index (χ3n) is 6.26. The maximum Gasteiger partial charge on any atom is 0.127 e. The molecule has 6 heteroatoms. The highest BCUT2D eigenvalue weighted by Gasteiger charge is 2.43. The first-order chi connectivity index (χ1) is 13.6. The van der Waals surface area contributed by atoms with Gasteiger partial charge in [0.25, 0.3) is 0 Å². The minimum Gasteiger partial charge on any atom is -0.371 e. The van der Waals surface area contributed by atoms with Crippen LogP contribution in [0.4, 0.5) is 5.69 Å². The molecule has 1 saturated carbocycles. The Morgan fingerprint density at radius 2 is 1.96 bits per heavy atom. The van der Waals surface area contributed by atoms with Gasteiger partial charge < -0.3 is 10.2 Å². The van der Waals surface area contributed by atoms with Gasteiger partial charge in [0, 0.05) is 35.1 Å². The zero-order chi connectivity index (χ0) is 19.3. The summed E-state index contributed by atoms with van der Waals surface area (Å²) in [5, 5.41) is 7.64. The highest BCUT2D eigenvalue weighted by molar-refractivity contribution is 7.16. The van der Waals surface area contributed by atoms with Gasteiger partial charge in [-0.3, -0.25) is 0 Å². The van der Waals surface area contributed by atoms with Gasteiger partial charge in [0.1, 0.15) is 10.7 Å². The fourth-order valence-electron chi connectivity index (χ4n) is 4.55. The number of rotatable bonds is 4. The van der Waals surface area contributed by atoms with Gasteiger partial charge >= 0.3 is 0 Å². The number of hydrogen-bond donors (Lipinski definition) is 1. The quantitative estimate of drug-likeness (QED) is 0.646. The van der Waals surface area contributed by atoms with Crippen molar-refractivity contribution in [3.05, 3.63) is 51.7 Å². The fraction of sp³-hybridized carbons (Fsp3) is 0.455. The summed E-state index contributed by atoms with van der Waals surface area (Å²) >= 11 is 8.45. The molecule has 0 bridgehead atoms. The second kappa shape index (κ2) is 7.29. The van der Waals surface area contributed by atoms with Crippen LogP contribution in [0.2, 0.25) is 5.02 Å². The molecule has 146 valence electrons. The lowest BCUT2D eigenvalue weighted by atomic mass is 10.0. The van der Waals surface area contributed by atoms with Crippen molar-refractivity contribution in [2.75, 3.05) is 25.0 Å². The lowest BCUT2D eigenvalue weighted by Crippen LogP contribution is -2.41. The molecule has 1 aromatic carbocycles. The van der Waals surface area contributed by atoms with Crippen LogP contribution in [0, 0.1) is 6.92 Å². The number of fused-ring (bicyclic) bond motifs is 1. The number of anilines is 1. The Labute approximate surface area is 175 Å². The predicted molar refractivity (Wildman–Crippen MR) is 118 cm³/mol. The van der Waals surface area contributed by atoms with Crippen molar-refractivity contribution in [1.82, 2.24) is 15.3 Å². The number of nitrogens with zero attached hydrogens (tertiary/aromatic N) is 3. The zero-order valence-electron chi connectivity index (χ0n) is 16.3. The molecular formula is C22H25ClN4S. The number of halogens is 1. The molecular weight excluding hydrogens is 388 g/mol. The summed E-state index contributed by atoms with van der Waals surface area (Å²) in [6.45, 7) is 4.18. The van der Waals surface area contributed by atoms with Crippen LogP contribution >= 0.6 is 22.9 Å². The van der Waals surface area contributed by atoms with Crippen LogP contribution in [-0.2, 0) is 0 Å². The highest BCUT2D eigenvalue weighted by atomic mass is 35.5. The summed E-state index contributed by atoms with van der Waals surface area (Å²) in [6.07, 6.45) is 3.49. The van der Waals surface area contributed by atoms with Crippen molar-refractivity contribution >= 4 is 38.8 Å². The van der Waals surface area contributed by atoms with E-state index in [0.717, 1.165) is 35.2 Å². The molecule has 2 fully saturated rings. The summed E-state index contributed by atoms with van der Waals surface area (Å²) in [7, 11) is 2.19. The Kier molecular flexibility index (Phi) is 4.77. The minimum atomic E-state index is 0.448. The van der Waals surface area contributed by atoms with E-state index in [2.05, 4.69) is 51.9 Å². The molecule has 1 saturated heterocycles. The number of aromatic nitrogens is 2. The van der Waals surface area contributed by atoms with E-state index in [1.165, 1.54) is 35.2 Å². The second-order valence-corrected chi connectivity index (χ2v) is 9.34. The Morgan fingerprint density at radius 3 is 2.75 bits per heavy atom. The normalized spacial score (nSPS) is 22.5. The van der Waals surface area contributed by atoms with Gasteiger partial charge in [-0.15, -0.1) is 11.3 Å². The largest absolute Gasteiger partial charge is 0.371 e. The van der Waals surface area contributed by atoms with Crippen LogP contribution in [0.25, 0.3) is 10.2 Å². The molecule has 3 heterocycles. The van der Waals surface area contributed by atoms with Gasteiger partial charge in [0.05, 0.1) is 5.69 Å². The van der Waals surface area contributed by atoms with E-state index in [1.54, 1.807) is 11.3 Å². The summed E-state index contributed by atoms with van der Waals surface area (Å²) in [5.74, 6) is 1.77. The molecule has 3 aromatic rings. The van der Waals surface area contributed by atoms with Crippen LogP contribution in [0.5, 0.6) is 0 Å². The number of piperidine rings is 1. The van der Waals surface area contributed by atoms with Gasteiger partial charge in [-0.25, -0.2) is 9.97 Å². The minimum absolute atomic E-state index is 0.448. The number of hydrogen-bond acceptors (Lipinski definition) is 5. The number of nitrogens with one attached hydrogen (secondary N) is 1. The lowest BCUT2D eigenvalue weighted by Gasteiger charge is -2.33. The van der Waals surface area contributed by atoms with Gasteiger partial charge in [0.2, 0.25) is 0 Å². The molecule has 0 radical (unpaired) electrons. The molecule has 1 N–H and O–H groups in total. The molecule has 28 heavy (non-hydrogen) atoms. The van der Waals surface area contributed by atoms with Gasteiger partial charge in [-0.1, -0.05) is 17.7 Å². The van der Waals surface area contributed by atoms with Crippen molar-refractivity contribution in [3.8, 4) is 0 Å². The van der Waals surface area contributed by atoms with Crippen molar-refractivity contribution in [1.29, 1.82) is 0 Å².